The number of rotatable bonds is 5. The molecule has 0 heterocycles. The molecule has 2 unspecified atom stereocenters. The van der Waals surface area contributed by atoms with Gasteiger partial charge in [0.05, 0.1) is 0 Å². The quantitative estimate of drug-likeness (QED) is 0.738. The molecule has 0 aromatic carbocycles. The molecule has 1 fully saturated rings. The molecule has 0 spiro atoms. The van der Waals surface area contributed by atoms with Crippen LogP contribution >= 0.6 is 0 Å². The van der Waals surface area contributed by atoms with E-state index in [1.54, 1.807) is 0 Å². The number of halogens is 3. The van der Waals surface area contributed by atoms with Crippen molar-refractivity contribution in [3.05, 3.63) is 0 Å². The van der Waals surface area contributed by atoms with Crippen LogP contribution in [0.15, 0.2) is 0 Å². The summed E-state index contributed by atoms with van der Waals surface area (Å²) in [5.41, 5.74) is -2.43. The first kappa shape index (κ1) is 14.8. The molecule has 0 aromatic heterocycles. The maximum atomic E-state index is 12.7. The van der Waals surface area contributed by atoms with Crippen LogP contribution in [0.1, 0.15) is 44.9 Å². The molecule has 0 amide bonds. The van der Waals surface area contributed by atoms with Crippen LogP contribution in [0.4, 0.5) is 13.2 Å². The SMILES string of the molecule is CNCCCCC1CCCC(O)(C(F)(F)F)C1. The standard InChI is InChI=1S/C12H22F3NO/c1-16-8-3-2-5-10-6-4-7-11(17,9-10)12(13,14)15/h10,16-17H,2-9H2,1H3. The van der Waals surface area contributed by atoms with Gasteiger partial charge in [0.25, 0.3) is 0 Å². The molecule has 1 aliphatic carbocycles. The third-order valence-electron chi connectivity index (χ3n) is 3.65. The highest BCUT2D eigenvalue weighted by Crippen LogP contribution is 2.44. The largest absolute Gasteiger partial charge is 0.417 e. The summed E-state index contributed by atoms with van der Waals surface area (Å²) in [5.74, 6) is 0.0206. The molecule has 1 rings (SSSR count). The fraction of sp³-hybridized carbons (Fsp3) is 1.00. The summed E-state index contributed by atoms with van der Waals surface area (Å²) in [6, 6.07) is 0. The number of alkyl halides is 3. The lowest BCUT2D eigenvalue weighted by Crippen LogP contribution is -2.48. The highest BCUT2D eigenvalue weighted by molar-refractivity contribution is 4.92. The van der Waals surface area contributed by atoms with Crippen LogP contribution in [0, 0.1) is 5.92 Å². The van der Waals surface area contributed by atoms with Crippen LogP contribution < -0.4 is 5.32 Å². The van der Waals surface area contributed by atoms with Gasteiger partial charge in [0, 0.05) is 0 Å². The molecule has 2 N–H and O–H groups in total. The Morgan fingerprint density at radius 3 is 2.65 bits per heavy atom. The van der Waals surface area contributed by atoms with Crippen LogP contribution in [-0.4, -0.2) is 30.5 Å². The van der Waals surface area contributed by atoms with E-state index in [4.69, 9.17) is 0 Å². The summed E-state index contributed by atoms with van der Waals surface area (Å²) in [6.07, 6.45) is -0.724. The smallest absolute Gasteiger partial charge is 0.380 e. The normalized spacial score (nSPS) is 30.5. The van der Waals surface area contributed by atoms with Gasteiger partial charge in [-0.05, 0) is 45.2 Å². The van der Waals surface area contributed by atoms with Gasteiger partial charge in [0.1, 0.15) is 0 Å². The van der Waals surface area contributed by atoms with Crippen molar-refractivity contribution in [2.24, 2.45) is 5.92 Å². The van der Waals surface area contributed by atoms with Gasteiger partial charge in [-0.15, -0.1) is 0 Å². The van der Waals surface area contributed by atoms with Crippen molar-refractivity contribution in [3.8, 4) is 0 Å². The van der Waals surface area contributed by atoms with Crippen molar-refractivity contribution in [1.29, 1.82) is 0 Å². The van der Waals surface area contributed by atoms with Gasteiger partial charge in [-0.3, -0.25) is 0 Å². The Morgan fingerprint density at radius 2 is 2.06 bits per heavy atom. The molecule has 0 bridgehead atoms. The first-order chi connectivity index (χ1) is 7.89. The molecule has 1 saturated carbocycles. The Bertz CT molecular complexity index is 232. The minimum Gasteiger partial charge on any atom is -0.380 e. The lowest BCUT2D eigenvalue weighted by atomic mass is 9.76. The van der Waals surface area contributed by atoms with Gasteiger partial charge in [-0.25, -0.2) is 0 Å². The molecule has 5 heteroatoms. The Labute approximate surface area is 101 Å². The number of aliphatic hydroxyl groups is 1. The van der Waals surface area contributed by atoms with Crippen molar-refractivity contribution in [2.75, 3.05) is 13.6 Å². The van der Waals surface area contributed by atoms with Gasteiger partial charge in [0.15, 0.2) is 5.60 Å². The summed E-state index contributed by atoms with van der Waals surface area (Å²) in [6.45, 7) is 0.899. The first-order valence-corrected chi connectivity index (χ1v) is 6.33. The summed E-state index contributed by atoms with van der Waals surface area (Å²) in [5, 5.41) is 12.7. The highest BCUT2D eigenvalue weighted by Gasteiger charge is 2.55. The number of unbranched alkanes of at least 4 members (excludes halogenated alkanes) is 1. The third-order valence-corrected chi connectivity index (χ3v) is 3.65. The van der Waals surface area contributed by atoms with Gasteiger partial charge < -0.3 is 10.4 Å². The summed E-state index contributed by atoms with van der Waals surface area (Å²) in [7, 11) is 1.86. The van der Waals surface area contributed by atoms with E-state index in [0.717, 1.165) is 32.2 Å². The Balaban J connectivity index is 2.38. The molecule has 2 nitrogen and oxygen atoms in total. The molecule has 0 aliphatic heterocycles. The van der Waals surface area contributed by atoms with Crippen molar-refractivity contribution >= 4 is 0 Å². The summed E-state index contributed by atoms with van der Waals surface area (Å²) in [4.78, 5) is 0. The molecule has 102 valence electrons. The fourth-order valence-electron chi connectivity index (χ4n) is 2.60. The monoisotopic (exact) mass is 253 g/mol. The zero-order valence-corrected chi connectivity index (χ0v) is 10.3. The highest BCUT2D eigenvalue weighted by atomic mass is 19.4. The molecule has 0 aromatic rings. The Morgan fingerprint density at radius 1 is 1.35 bits per heavy atom. The summed E-state index contributed by atoms with van der Waals surface area (Å²) >= 11 is 0. The molecule has 2 atom stereocenters. The fourth-order valence-corrected chi connectivity index (χ4v) is 2.60. The lowest BCUT2D eigenvalue weighted by Gasteiger charge is -2.38. The third kappa shape index (κ3) is 4.14. The summed E-state index contributed by atoms with van der Waals surface area (Å²) < 4.78 is 38.0. The van der Waals surface area contributed by atoms with E-state index < -0.39 is 11.8 Å². The first-order valence-electron chi connectivity index (χ1n) is 6.33. The van der Waals surface area contributed by atoms with Gasteiger partial charge in [0.2, 0.25) is 0 Å². The maximum absolute atomic E-state index is 12.7. The van der Waals surface area contributed by atoms with E-state index in [-0.39, 0.29) is 18.8 Å². The maximum Gasteiger partial charge on any atom is 0.417 e. The van der Waals surface area contributed by atoms with Crippen LogP contribution in [0.3, 0.4) is 0 Å². The van der Waals surface area contributed by atoms with E-state index in [2.05, 4.69) is 5.32 Å². The molecule has 0 saturated heterocycles. The minimum atomic E-state index is -4.48. The van der Waals surface area contributed by atoms with Crippen molar-refractivity contribution in [1.82, 2.24) is 5.32 Å². The van der Waals surface area contributed by atoms with Crippen LogP contribution in [0.5, 0.6) is 0 Å². The Kier molecular flexibility index (Phi) is 5.25. The Hall–Kier alpha value is -0.290. The second-order valence-electron chi connectivity index (χ2n) is 5.09. The zero-order chi connectivity index (χ0) is 12.9. The van der Waals surface area contributed by atoms with Crippen LogP contribution in [0.25, 0.3) is 0 Å². The van der Waals surface area contributed by atoms with E-state index in [0.29, 0.717) is 6.42 Å². The average Bonchev–Trinajstić information content (AvgIpc) is 2.23. The van der Waals surface area contributed by atoms with Gasteiger partial charge in [-0.2, -0.15) is 13.2 Å². The second kappa shape index (κ2) is 6.05. The second-order valence-corrected chi connectivity index (χ2v) is 5.09. The molecular weight excluding hydrogens is 231 g/mol. The van der Waals surface area contributed by atoms with Crippen molar-refractivity contribution in [3.63, 3.8) is 0 Å². The van der Waals surface area contributed by atoms with E-state index in [9.17, 15) is 18.3 Å². The number of nitrogens with one attached hydrogen (secondary N) is 1. The predicted octanol–water partition coefficient (Wildman–Crippen LogP) is 2.86. The van der Waals surface area contributed by atoms with Crippen molar-refractivity contribution < 1.29 is 18.3 Å². The van der Waals surface area contributed by atoms with Crippen LogP contribution in [0.2, 0.25) is 0 Å². The predicted molar refractivity (Wildman–Crippen MR) is 60.7 cm³/mol. The van der Waals surface area contributed by atoms with E-state index >= 15 is 0 Å². The van der Waals surface area contributed by atoms with Crippen molar-refractivity contribution in [2.45, 2.75) is 56.7 Å². The minimum absolute atomic E-state index is 0.0206. The lowest BCUT2D eigenvalue weighted by molar-refractivity contribution is -0.274. The number of hydrogen-bond acceptors (Lipinski definition) is 2. The molecule has 1 aliphatic rings. The zero-order valence-electron chi connectivity index (χ0n) is 10.3. The van der Waals surface area contributed by atoms with E-state index in [1.807, 2.05) is 7.05 Å². The molecule has 0 radical (unpaired) electrons. The molecular formula is C12H22F3NO. The average molecular weight is 253 g/mol. The topological polar surface area (TPSA) is 32.3 Å². The van der Waals surface area contributed by atoms with Crippen LogP contribution in [-0.2, 0) is 0 Å². The molecule has 17 heavy (non-hydrogen) atoms. The van der Waals surface area contributed by atoms with Gasteiger partial charge >= 0.3 is 6.18 Å². The van der Waals surface area contributed by atoms with Gasteiger partial charge in [-0.1, -0.05) is 19.3 Å². The van der Waals surface area contributed by atoms with E-state index in [1.165, 1.54) is 0 Å². The number of hydrogen-bond donors (Lipinski definition) is 2.